The average molecular weight is 366 g/mol. The lowest BCUT2D eigenvalue weighted by Gasteiger charge is -2.25. The number of hydrogen-bond donors (Lipinski definition) is 0. The van der Waals surface area contributed by atoms with Crippen molar-refractivity contribution in [2.75, 3.05) is 13.2 Å². The lowest BCUT2D eigenvalue weighted by atomic mass is 9.87. The highest BCUT2D eigenvalue weighted by Crippen LogP contribution is 2.37. The Morgan fingerprint density at radius 3 is 2.33 bits per heavy atom. The minimum atomic E-state index is -0.550. The van der Waals surface area contributed by atoms with Crippen LogP contribution in [-0.2, 0) is 23.8 Å². The highest BCUT2D eigenvalue weighted by molar-refractivity contribution is 5.94. The van der Waals surface area contributed by atoms with Crippen LogP contribution >= 0.6 is 0 Å². The molecule has 2 aromatic rings. The van der Waals surface area contributed by atoms with Crippen molar-refractivity contribution in [2.45, 2.75) is 26.7 Å². The monoisotopic (exact) mass is 366 g/mol. The molecule has 5 nitrogen and oxygen atoms in total. The van der Waals surface area contributed by atoms with Gasteiger partial charge in [0.25, 0.3) is 0 Å². The first-order valence-corrected chi connectivity index (χ1v) is 8.98. The molecular weight excluding hydrogens is 344 g/mol. The Morgan fingerprint density at radius 2 is 1.63 bits per heavy atom. The van der Waals surface area contributed by atoms with Crippen LogP contribution < -0.4 is 0 Å². The van der Waals surface area contributed by atoms with Crippen LogP contribution in [0.1, 0.15) is 32.3 Å². The van der Waals surface area contributed by atoms with E-state index < -0.39 is 17.9 Å². The summed E-state index contributed by atoms with van der Waals surface area (Å²) >= 11 is 0. The number of allylic oxidation sites excluding steroid dienone is 2. The third kappa shape index (κ3) is 3.87. The van der Waals surface area contributed by atoms with Crippen LogP contribution in [0.25, 0.3) is 10.8 Å². The molecule has 1 heterocycles. The van der Waals surface area contributed by atoms with Gasteiger partial charge in [-0.1, -0.05) is 42.5 Å². The molecule has 27 heavy (non-hydrogen) atoms. The largest absolute Gasteiger partial charge is 0.463 e. The van der Waals surface area contributed by atoms with Gasteiger partial charge in [-0.05, 0) is 43.2 Å². The van der Waals surface area contributed by atoms with Gasteiger partial charge in [-0.3, -0.25) is 0 Å². The average Bonchev–Trinajstić information content (AvgIpc) is 2.67. The zero-order valence-electron chi connectivity index (χ0n) is 15.7. The molecule has 0 bridgehead atoms. The molecule has 0 aliphatic carbocycles. The molecule has 5 heteroatoms. The van der Waals surface area contributed by atoms with E-state index in [0.717, 1.165) is 16.3 Å². The van der Waals surface area contributed by atoms with Gasteiger partial charge in [0.2, 0.25) is 5.76 Å². The molecule has 2 aromatic carbocycles. The summed E-state index contributed by atoms with van der Waals surface area (Å²) in [4.78, 5) is 24.7. The summed E-state index contributed by atoms with van der Waals surface area (Å²) in [5.41, 5.74) is 1.27. The number of ether oxygens (including phenoxy) is 3. The summed E-state index contributed by atoms with van der Waals surface area (Å²) in [7, 11) is 0. The van der Waals surface area contributed by atoms with Gasteiger partial charge in [-0.2, -0.15) is 0 Å². The third-order valence-corrected chi connectivity index (χ3v) is 4.38. The number of benzene rings is 2. The quantitative estimate of drug-likeness (QED) is 0.741. The smallest absolute Gasteiger partial charge is 0.373 e. The Hall–Kier alpha value is -3.08. The van der Waals surface area contributed by atoms with Crippen molar-refractivity contribution in [3.05, 3.63) is 71.2 Å². The predicted octanol–water partition coefficient (Wildman–Crippen LogP) is 4.24. The van der Waals surface area contributed by atoms with Gasteiger partial charge in [-0.25, -0.2) is 9.59 Å². The zero-order valence-corrected chi connectivity index (χ0v) is 15.7. The van der Waals surface area contributed by atoms with Crippen LogP contribution in [0.3, 0.4) is 0 Å². The molecule has 0 aromatic heterocycles. The Labute approximate surface area is 158 Å². The number of rotatable bonds is 5. The van der Waals surface area contributed by atoms with Crippen LogP contribution in [0.5, 0.6) is 0 Å². The summed E-state index contributed by atoms with van der Waals surface area (Å²) in [6, 6.07) is 13.9. The molecule has 0 saturated carbocycles. The van der Waals surface area contributed by atoms with Gasteiger partial charge in [0.15, 0.2) is 0 Å². The number of fused-ring (bicyclic) bond motifs is 1. The van der Waals surface area contributed by atoms with E-state index in [4.69, 9.17) is 14.2 Å². The first kappa shape index (κ1) is 18.7. The summed E-state index contributed by atoms with van der Waals surface area (Å²) in [5, 5.41) is 2.15. The fraction of sp³-hybridized carbons (Fsp3) is 0.273. The molecule has 0 amide bonds. The van der Waals surface area contributed by atoms with E-state index in [-0.39, 0.29) is 19.0 Å². The SMILES string of the molecule is CCOC(=O)C1=CC(c2ccc3ccccc3c2)C(C(=O)OCC)=C(C)O1. The van der Waals surface area contributed by atoms with Crippen molar-refractivity contribution in [1.82, 2.24) is 0 Å². The second-order valence-electron chi connectivity index (χ2n) is 6.13. The first-order chi connectivity index (χ1) is 13.0. The van der Waals surface area contributed by atoms with E-state index >= 15 is 0 Å². The summed E-state index contributed by atoms with van der Waals surface area (Å²) in [6.07, 6.45) is 1.63. The van der Waals surface area contributed by atoms with Crippen molar-refractivity contribution < 1.29 is 23.8 Å². The maximum absolute atomic E-state index is 12.6. The van der Waals surface area contributed by atoms with Crippen molar-refractivity contribution >= 4 is 22.7 Å². The van der Waals surface area contributed by atoms with Gasteiger partial charge in [0, 0.05) is 5.92 Å². The molecule has 1 aliphatic heterocycles. The molecule has 1 aliphatic rings. The second-order valence-corrected chi connectivity index (χ2v) is 6.13. The van der Waals surface area contributed by atoms with Crippen LogP contribution in [0.2, 0.25) is 0 Å². The summed E-state index contributed by atoms with van der Waals surface area (Å²) < 4.78 is 15.9. The second kappa shape index (κ2) is 8.08. The zero-order chi connectivity index (χ0) is 19.4. The van der Waals surface area contributed by atoms with Crippen molar-refractivity contribution in [3.63, 3.8) is 0 Å². The van der Waals surface area contributed by atoms with Crippen LogP contribution in [-0.4, -0.2) is 25.2 Å². The molecule has 0 radical (unpaired) electrons. The van der Waals surface area contributed by atoms with Crippen LogP contribution in [0, 0.1) is 0 Å². The Bertz CT molecular complexity index is 939. The number of hydrogen-bond acceptors (Lipinski definition) is 5. The van der Waals surface area contributed by atoms with Gasteiger partial charge >= 0.3 is 11.9 Å². The minimum Gasteiger partial charge on any atom is -0.463 e. The normalized spacial score (nSPS) is 16.6. The minimum absolute atomic E-state index is 0.0838. The first-order valence-electron chi connectivity index (χ1n) is 8.98. The molecule has 3 rings (SSSR count). The van der Waals surface area contributed by atoms with Crippen LogP contribution in [0.4, 0.5) is 0 Å². The fourth-order valence-corrected chi connectivity index (χ4v) is 3.16. The number of esters is 2. The maximum atomic E-state index is 12.6. The standard InChI is InChI=1S/C22H22O5/c1-4-25-21(23)19-13-18(20(14(3)27-19)22(24)26-5-2)17-11-10-15-8-6-7-9-16(15)12-17/h6-13,18H,4-5H2,1-3H3. The Balaban J connectivity index is 2.09. The molecule has 1 unspecified atom stereocenters. The van der Waals surface area contributed by atoms with E-state index in [0.29, 0.717) is 11.3 Å². The molecule has 0 spiro atoms. The van der Waals surface area contributed by atoms with Crippen LogP contribution in [0.15, 0.2) is 65.6 Å². The number of carbonyl (C=O) groups excluding carboxylic acids is 2. The Morgan fingerprint density at radius 1 is 0.963 bits per heavy atom. The summed E-state index contributed by atoms with van der Waals surface area (Å²) in [5.74, 6) is -1.03. The van der Waals surface area contributed by atoms with Gasteiger partial charge in [0.1, 0.15) is 5.76 Å². The lowest BCUT2D eigenvalue weighted by molar-refractivity contribution is -0.143. The van der Waals surface area contributed by atoms with E-state index in [2.05, 4.69) is 0 Å². The van der Waals surface area contributed by atoms with Gasteiger partial charge in [-0.15, -0.1) is 0 Å². The molecule has 140 valence electrons. The van der Waals surface area contributed by atoms with E-state index in [1.54, 1.807) is 26.8 Å². The highest BCUT2D eigenvalue weighted by Gasteiger charge is 2.32. The predicted molar refractivity (Wildman–Crippen MR) is 102 cm³/mol. The Kier molecular flexibility index (Phi) is 5.60. The van der Waals surface area contributed by atoms with E-state index in [1.165, 1.54) is 0 Å². The van der Waals surface area contributed by atoms with Crippen molar-refractivity contribution in [1.29, 1.82) is 0 Å². The molecule has 0 fully saturated rings. The highest BCUT2D eigenvalue weighted by atomic mass is 16.6. The van der Waals surface area contributed by atoms with Crippen molar-refractivity contribution in [2.24, 2.45) is 0 Å². The topological polar surface area (TPSA) is 61.8 Å². The lowest BCUT2D eigenvalue weighted by Crippen LogP contribution is -2.23. The number of carbonyl (C=O) groups is 2. The van der Waals surface area contributed by atoms with E-state index in [1.807, 2.05) is 42.5 Å². The molecular formula is C22H22O5. The maximum Gasteiger partial charge on any atom is 0.373 e. The fourth-order valence-electron chi connectivity index (χ4n) is 3.16. The van der Waals surface area contributed by atoms with Gasteiger partial charge < -0.3 is 14.2 Å². The molecule has 1 atom stereocenters. The van der Waals surface area contributed by atoms with Crippen molar-refractivity contribution in [3.8, 4) is 0 Å². The van der Waals surface area contributed by atoms with Gasteiger partial charge in [0.05, 0.1) is 18.8 Å². The summed E-state index contributed by atoms with van der Waals surface area (Å²) in [6.45, 7) is 5.64. The molecule has 0 saturated heterocycles. The molecule has 0 N–H and O–H groups in total. The third-order valence-electron chi connectivity index (χ3n) is 4.38. The van der Waals surface area contributed by atoms with E-state index in [9.17, 15) is 9.59 Å².